The molecule has 0 radical (unpaired) electrons. The van der Waals surface area contributed by atoms with Gasteiger partial charge in [0.25, 0.3) is 5.91 Å². The van der Waals surface area contributed by atoms with E-state index in [9.17, 15) is 9.59 Å². The fraction of sp³-hybridized carbons (Fsp3) is 0.250. The van der Waals surface area contributed by atoms with Gasteiger partial charge in [-0.2, -0.15) is 0 Å². The molecule has 0 aliphatic heterocycles. The summed E-state index contributed by atoms with van der Waals surface area (Å²) in [5.41, 5.74) is 1.37. The van der Waals surface area contributed by atoms with Gasteiger partial charge >= 0.3 is 0 Å². The van der Waals surface area contributed by atoms with Crippen molar-refractivity contribution in [3.8, 4) is 0 Å². The summed E-state index contributed by atoms with van der Waals surface area (Å²) in [5.74, 6) is 0.467. The van der Waals surface area contributed by atoms with Gasteiger partial charge in [-0.05, 0) is 43.3 Å². The number of hydrogen-bond donors (Lipinski definition) is 3. The molecule has 0 atom stereocenters. The number of amides is 2. The number of nitrogens with one attached hydrogen (secondary N) is 3. The molecule has 0 fully saturated rings. The molecule has 1 aromatic carbocycles. The summed E-state index contributed by atoms with van der Waals surface area (Å²) in [6.45, 7) is 2.98. The third-order valence-electron chi connectivity index (χ3n) is 2.98. The Morgan fingerprint density at radius 3 is 2.50 bits per heavy atom. The number of anilines is 1. The molecular weight excluding hydrogens is 282 g/mol. The summed E-state index contributed by atoms with van der Waals surface area (Å²) in [6.07, 6.45) is 1.57. The van der Waals surface area contributed by atoms with Gasteiger partial charge < -0.3 is 20.4 Å². The molecular formula is C16H19N3O3. The molecule has 0 unspecified atom stereocenters. The minimum absolute atomic E-state index is 0.106. The summed E-state index contributed by atoms with van der Waals surface area (Å²) in [5, 5.41) is 8.47. The highest BCUT2D eigenvalue weighted by Crippen LogP contribution is 2.09. The summed E-state index contributed by atoms with van der Waals surface area (Å²) in [6, 6.07) is 10.5. The first-order chi connectivity index (χ1) is 10.7. The Kier molecular flexibility index (Phi) is 5.59. The van der Waals surface area contributed by atoms with E-state index < -0.39 is 0 Å². The summed E-state index contributed by atoms with van der Waals surface area (Å²) in [4.78, 5) is 23.3. The van der Waals surface area contributed by atoms with E-state index in [2.05, 4.69) is 16.0 Å². The van der Waals surface area contributed by atoms with E-state index in [1.54, 1.807) is 42.7 Å². The van der Waals surface area contributed by atoms with Crippen LogP contribution in [0.15, 0.2) is 47.1 Å². The zero-order chi connectivity index (χ0) is 15.8. The summed E-state index contributed by atoms with van der Waals surface area (Å²) in [7, 11) is 0. The lowest BCUT2D eigenvalue weighted by atomic mass is 10.2. The maximum absolute atomic E-state index is 11.7. The molecule has 0 aliphatic rings. The van der Waals surface area contributed by atoms with E-state index in [1.165, 1.54) is 0 Å². The minimum atomic E-state index is -0.135. The van der Waals surface area contributed by atoms with Crippen LogP contribution >= 0.6 is 0 Å². The van der Waals surface area contributed by atoms with Crippen LogP contribution in [0.5, 0.6) is 0 Å². The van der Waals surface area contributed by atoms with Crippen LogP contribution in [-0.2, 0) is 11.3 Å². The van der Waals surface area contributed by atoms with Crippen molar-refractivity contribution in [2.75, 3.05) is 18.4 Å². The van der Waals surface area contributed by atoms with E-state index in [0.29, 0.717) is 24.4 Å². The number of carbonyl (C=O) groups excluding carboxylic acids is 2. The van der Waals surface area contributed by atoms with E-state index in [0.717, 1.165) is 5.69 Å². The second kappa shape index (κ2) is 7.87. The second-order valence-electron chi connectivity index (χ2n) is 4.65. The van der Waals surface area contributed by atoms with Crippen molar-refractivity contribution in [3.63, 3.8) is 0 Å². The van der Waals surface area contributed by atoms with Crippen LogP contribution in [-0.4, -0.2) is 24.9 Å². The Labute approximate surface area is 128 Å². The van der Waals surface area contributed by atoms with Crippen LogP contribution < -0.4 is 16.0 Å². The molecule has 2 aromatic rings. The van der Waals surface area contributed by atoms with Gasteiger partial charge in [0.05, 0.1) is 19.4 Å². The Bertz CT molecular complexity index is 606. The van der Waals surface area contributed by atoms with Crippen LogP contribution in [0.2, 0.25) is 0 Å². The Balaban J connectivity index is 1.76. The fourth-order valence-electron chi connectivity index (χ4n) is 1.85. The van der Waals surface area contributed by atoms with Gasteiger partial charge in [0.2, 0.25) is 5.91 Å². The molecule has 1 aromatic heterocycles. The summed E-state index contributed by atoms with van der Waals surface area (Å²) >= 11 is 0. The van der Waals surface area contributed by atoms with Gasteiger partial charge in [0, 0.05) is 17.8 Å². The molecule has 0 spiro atoms. The molecule has 0 aliphatic carbocycles. The van der Waals surface area contributed by atoms with Crippen molar-refractivity contribution in [3.05, 3.63) is 54.0 Å². The van der Waals surface area contributed by atoms with Gasteiger partial charge in [0.15, 0.2) is 0 Å². The van der Waals surface area contributed by atoms with Crippen molar-refractivity contribution in [2.24, 2.45) is 0 Å². The number of hydrogen-bond acceptors (Lipinski definition) is 4. The Morgan fingerprint density at radius 1 is 1.09 bits per heavy atom. The molecule has 1 heterocycles. The standard InChI is InChI=1S/C16H19N3O3/c1-2-17-16(21)12-5-7-13(8-6-12)18-11-15(20)19-10-14-4-3-9-22-14/h3-9,18H,2,10-11H2,1H3,(H,17,21)(H,19,20). The first-order valence-electron chi connectivity index (χ1n) is 7.10. The van der Waals surface area contributed by atoms with Crippen molar-refractivity contribution >= 4 is 17.5 Å². The molecule has 2 amide bonds. The van der Waals surface area contributed by atoms with E-state index in [4.69, 9.17) is 4.42 Å². The van der Waals surface area contributed by atoms with Gasteiger partial charge in [0.1, 0.15) is 5.76 Å². The molecule has 6 nitrogen and oxygen atoms in total. The van der Waals surface area contributed by atoms with E-state index in [1.807, 2.05) is 6.92 Å². The highest BCUT2D eigenvalue weighted by molar-refractivity contribution is 5.94. The number of carbonyl (C=O) groups is 2. The lowest BCUT2D eigenvalue weighted by Gasteiger charge is -2.08. The van der Waals surface area contributed by atoms with Crippen LogP contribution in [0, 0.1) is 0 Å². The normalized spacial score (nSPS) is 10.0. The number of furan rings is 1. The van der Waals surface area contributed by atoms with Gasteiger partial charge in [-0.25, -0.2) is 0 Å². The lowest BCUT2D eigenvalue weighted by Crippen LogP contribution is -2.29. The average molecular weight is 301 g/mol. The van der Waals surface area contributed by atoms with Crippen LogP contribution in [0.4, 0.5) is 5.69 Å². The SMILES string of the molecule is CCNC(=O)c1ccc(NCC(=O)NCc2ccco2)cc1. The Morgan fingerprint density at radius 2 is 1.86 bits per heavy atom. The van der Waals surface area contributed by atoms with Crippen LogP contribution in [0.1, 0.15) is 23.0 Å². The molecule has 0 saturated carbocycles. The lowest BCUT2D eigenvalue weighted by molar-refractivity contribution is -0.119. The molecule has 0 bridgehead atoms. The van der Waals surface area contributed by atoms with Crippen LogP contribution in [0.25, 0.3) is 0 Å². The predicted octanol–water partition coefficient (Wildman–Crippen LogP) is 1.76. The van der Waals surface area contributed by atoms with Crippen molar-refractivity contribution in [1.29, 1.82) is 0 Å². The van der Waals surface area contributed by atoms with Crippen molar-refractivity contribution in [2.45, 2.75) is 13.5 Å². The van der Waals surface area contributed by atoms with Gasteiger partial charge in [-0.1, -0.05) is 0 Å². The third kappa shape index (κ3) is 4.66. The monoisotopic (exact) mass is 301 g/mol. The second-order valence-corrected chi connectivity index (χ2v) is 4.65. The zero-order valence-corrected chi connectivity index (χ0v) is 12.4. The van der Waals surface area contributed by atoms with E-state index in [-0.39, 0.29) is 18.4 Å². The van der Waals surface area contributed by atoms with Crippen LogP contribution in [0.3, 0.4) is 0 Å². The molecule has 3 N–H and O–H groups in total. The predicted molar refractivity (Wildman–Crippen MR) is 83.5 cm³/mol. The Hall–Kier alpha value is -2.76. The highest BCUT2D eigenvalue weighted by Gasteiger charge is 2.05. The molecule has 6 heteroatoms. The third-order valence-corrected chi connectivity index (χ3v) is 2.98. The molecule has 0 saturated heterocycles. The first-order valence-corrected chi connectivity index (χ1v) is 7.10. The first kappa shape index (κ1) is 15.6. The van der Waals surface area contributed by atoms with Crippen molar-refractivity contribution in [1.82, 2.24) is 10.6 Å². The van der Waals surface area contributed by atoms with E-state index >= 15 is 0 Å². The summed E-state index contributed by atoms with van der Waals surface area (Å²) < 4.78 is 5.13. The zero-order valence-electron chi connectivity index (χ0n) is 12.4. The topological polar surface area (TPSA) is 83.4 Å². The maximum Gasteiger partial charge on any atom is 0.251 e. The maximum atomic E-state index is 11.7. The number of benzene rings is 1. The minimum Gasteiger partial charge on any atom is -0.467 e. The smallest absolute Gasteiger partial charge is 0.251 e. The number of rotatable bonds is 7. The average Bonchev–Trinajstić information content (AvgIpc) is 3.05. The van der Waals surface area contributed by atoms with Gasteiger partial charge in [-0.3, -0.25) is 9.59 Å². The van der Waals surface area contributed by atoms with Crippen molar-refractivity contribution < 1.29 is 14.0 Å². The highest BCUT2D eigenvalue weighted by atomic mass is 16.3. The molecule has 22 heavy (non-hydrogen) atoms. The molecule has 116 valence electrons. The fourth-order valence-corrected chi connectivity index (χ4v) is 1.85. The molecule has 2 rings (SSSR count). The largest absolute Gasteiger partial charge is 0.467 e. The van der Waals surface area contributed by atoms with Gasteiger partial charge in [-0.15, -0.1) is 0 Å². The quantitative estimate of drug-likeness (QED) is 0.727.